The van der Waals surface area contributed by atoms with E-state index in [4.69, 9.17) is 5.26 Å². The summed E-state index contributed by atoms with van der Waals surface area (Å²) in [4.78, 5) is 19.5. The van der Waals surface area contributed by atoms with E-state index in [0.717, 1.165) is 45.2 Å². The number of hydrogen-bond acceptors (Lipinski definition) is 4. The number of nitrogens with zero attached hydrogens (tertiary/aromatic N) is 3. The summed E-state index contributed by atoms with van der Waals surface area (Å²) in [5.41, 5.74) is 6.15. The number of nitriles is 1. The highest BCUT2D eigenvalue weighted by Crippen LogP contribution is 2.32. The van der Waals surface area contributed by atoms with Gasteiger partial charge in [-0.25, -0.2) is 4.98 Å². The van der Waals surface area contributed by atoms with Crippen molar-refractivity contribution in [1.29, 1.82) is 5.26 Å². The van der Waals surface area contributed by atoms with Crippen LogP contribution in [0.2, 0.25) is 0 Å². The first-order valence-corrected chi connectivity index (χ1v) is 11.2. The number of benzene rings is 2. The van der Waals surface area contributed by atoms with Crippen molar-refractivity contribution in [3.63, 3.8) is 0 Å². The van der Waals surface area contributed by atoms with Gasteiger partial charge in [-0.3, -0.25) is 8.77 Å². The standard InChI is InChI=1S/C19H13IN4OS/c1-11-6-13(10-25)19-14(4-5-24(19)26-20)15(11)8-18-22-16-3-2-12(9-21)7-17(16)23-18/h2-7,10H,8H2,1H3,(H,22,23). The molecule has 0 spiro atoms. The average molecular weight is 472 g/mol. The molecule has 4 rings (SSSR count). The van der Waals surface area contributed by atoms with Gasteiger partial charge in [0.05, 0.1) is 28.2 Å². The number of H-pyrrole nitrogens is 1. The summed E-state index contributed by atoms with van der Waals surface area (Å²) >= 11 is 2.21. The zero-order valence-corrected chi connectivity index (χ0v) is 16.8. The van der Waals surface area contributed by atoms with Gasteiger partial charge < -0.3 is 4.98 Å². The van der Waals surface area contributed by atoms with Crippen LogP contribution in [0.5, 0.6) is 0 Å². The van der Waals surface area contributed by atoms with Crippen molar-refractivity contribution in [2.45, 2.75) is 13.3 Å². The first-order valence-electron chi connectivity index (χ1n) is 7.91. The predicted molar refractivity (Wildman–Crippen MR) is 113 cm³/mol. The number of aldehydes is 1. The second kappa shape index (κ2) is 6.78. The minimum absolute atomic E-state index is 0.609. The Labute approximate surface area is 166 Å². The molecule has 2 heterocycles. The molecular formula is C19H13IN4OS. The number of hydrogen-bond donors (Lipinski definition) is 1. The summed E-state index contributed by atoms with van der Waals surface area (Å²) in [6.45, 7) is 2.02. The van der Waals surface area contributed by atoms with Gasteiger partial charge in [-0.15, -0.1) is 0 Å². The van der Waals surface area contributed by atoms with Crippen LogP contribution >= 0.6 is 30.3 Å². The highest BCUT2D eigenvalue weighted by atomic mass is 127. The molecule has 0 aliphatic carbocycles. The maximum Gasteiger partial charge on any atom is 0.152 e. The molecule has 0 aliphatic heterocycles. The van der Waals surface area contributed by atoms with E-state index in [1.165, 1.54) is 9.12 Å². The predicted octanol–water partition coefficient (Wildman–Crippen LogP) is 4.95. The normalized spacial score (nSPS) is 11.1. The summed E-state index contributed by atoms with van der Waals surface area (Å²) < 4.78 is 2.00. The van der Waals surface area contributed by atoms with Crippen LogP contribution in [0.25, 0.3) is 21.9 Å². The SMILES string of the molecule is Cc1cc(C=O)c2c(ccn2SI)c1Cc1nc2ccc(C#N)cc2[nH]1. The smallest absolute Gasteiger partial charge is 0.152 e. The monoisotopic (exact) mass is 472 g/mol. The number of aryl methyl sites for hydroxylation is 1. The second-order valence-corrected chi connectivity index (χ2v) is 7.77. The molecule has 1 N–H and O–H groups in total. The summed E-state index contributed by atoms with van der Waals surface area (Å²) in [6, 6.07) is 11.6. The largest absolute Gasteiger partial charge is 0.342 e. The van der Waals surface area contributed by atoms with E-state index in [0.29, 0.717) is 17.5 Å². The Morgan fingerprint density at radius 3 is 2.96 bits per heavy atom. The molecule has 0 fully saturated rings. The van der Waals surface area contributed by atoms with Crippen LogP contribution in [0.15, 0.2) is 36.5 Å². The summed E-state index contributed by atoms with van der Waals surface area (Å²) in [6.07, 6.45) is 3.52. The number of rotatable bonds is 4. The van der Waals surface area contributed by atoms with E-state index in [-0.39, 0.29) is 0 Å². The van der Waals surface area contributed by atoms with Crippen LogP contribution in [0.4, 0.5) is 0 Å². The third-order valence-electron chi connectivity index (χ3n) is 4.50. The van der Waals surface area contributed by atoms with E-state index < -0.39 is 0 Å². The van der Waals surface area contributed by atoms with Crippen LogP contribution < -0.4 is 0 Å². The van der Waals surface area contributed by atoms with Gasteiger partial charge in [-0.05, 0) is 48.4 Å². The number of aromatic amines is 1. The molecule has 5 nitrogen and oxygen atoms in total. The van der Waals surface area contributed by atoms with Gasteiger partial charge in [0, 0.05) is 53.9 Å². The molecule has 0 radical (unpaired) electrons. The number of fused-ring (bicyclic) bond motifs is 2. The molecule has 0 aliphatic rings. The van der Waals surface area contributed by atoms with Crippen LogP contribution in [-0.4, -0.2) is 20.2 Å². The van der Waals surface area contributed by atoms with Gasteiger partial charge in [-0.1, -0.05) is 0 Å². The molecule has 26 heavy (non-hydrogen) atoms. The molecule has 0 unspecified atom stereocenters. The van der Waals surface area contributed by atoms with Gasteiger partial charge in [0.25, 0.3) is 0 Å². The van der Waals surface area contributed by atoms with Gasteiger partial charge in [0.15, 0.2) is 6.29 Å². The molecule has 0 saturated carbocycles. The molecule has 128 valence electrons. The number of carbonyl (C=O) groups excluding carboxylic acids is 1. The highest BCUT2D eigenvalue weighted by Gasteiger charge is 2.15. The molecular weight excluding hydrogens is 459 g/mol. The lowest BCUT2D eigenvalue weighted by molar-refractivity contribution is 0.112. The minimum Gasteiger partial charge on any atom is -0.342 e. The Morgan fingerprint density at radius 1 is 1.38 bits per heavy atom. The quantitative estimate of drug-likeness (QED) is 0.337. The van der Waals surface area contributed by atoms with Crippen molar-refractivity contribution in [3.8, 4) is 6.07 Å². The van der Waals surface area contributed by atoms with Gasteiger partial charge >= 0.3 is 0 Å². The van der Waals surface area contributed by atoms with E-state index in [2.05, 4.69) is 37.2 Å². The molecule has 2 aromatic heterocycles. The van der Waals surface area contributed by atoms with Crippen molar-refractivity contribution >= 4 is 58.5 Å². The summed E-state index contributed by atoms with van der Waals surface area (Å²) in [5, 5.41) is 10.1. The molecule has 7 heteroatoms. The molecule has 0 amide bonds. The van der Waals surface area contributed by atoms with Crippen molar-refractivity contribution in [1.82, 2.24) is 13.9 Å². The summed E-state index contributed by atoms with van der Waals surface area (Å²) in [5.74, 6) is 0.841. The average Bonchev–Trinajstić information content (AvgIpc) is 3.26. The van der Waals surface area contributed by atoms with Crippen molar-refractivity contribution in [2.24, 2.45) is 0 Å². The zero-order valence-electron chi connectivity index (χ0n) is 13.8. The maximum atomic E-state index is 11.5. The fourth-order valence-corrected chi connectivity index (χ4v) is 4.67. The Kier molecular flexibility index (Phi) is 4.46. The zero-order chi connectivity index (χ0) is 18.3. The van der Waals surface area contributed by atoms with E-state index in [1.54, 1.807) is 6.07 Å². The molecule has 2 aromatic carbocycles. The number of nitrogens with one attached hydrogen (secondary N) is 1. The lowest BCUT2D eigenvalue weighted by atomic mass is 9.98. The third-order valence-corrected chi connectivity index (χ3v) is 6.23. The number of carbonyl (C=O) groups is 1. The summed E-state index contributed by atoms with van der Waals surface area (Å²) in [7, 11) is 1.54. The minimum atomic E-state index is 0.609. The van der Waals surface area contributed by atoms with E-state index >= 15 is 0 Å². The maximum absolute atomic E-state index is 11.5. The van der Waals surface area contributed by atoms with Crippen LogP contribution in [0.3, 0.4) is 0 Å². The first-order chi connectivity index (χ1) is 12.6. The highest BCUT2D eigenvalue weighted by molar-refractivity contribution is 14.2. The number of aromatic nitrogens is 3. The van der Waals surface area contributed by atoms with Crippen molar-refractivity contribution in [2.75, 3.05) is 0 Å². The van der Waals surface area contributed by atoms with Crippen LogP contribution in [-0.2, 0) is 6.42 Å². The van der Waals surface area contributed by atoms with Gasteiger partial charge in [-0.2, -0.15) is 5.26 Å². The molecule has 0 bridgehead atoms. The Balaban J connectivity index is 1.85. The fourth-order valence-electron chi connectivity index (χ4n) is 3.31. The lowest BCUT2D eigenvalue weighted by Gasteiger charge is -2.10. The number of halogens is 1. The van der Waals surface area contributed by atoms with Gasteiger partial charge in [0.1, 0.15) is 5.82 Å². The lowest BCUT2D eigenvalue weighted by Crippen LogP contribution is -1.98. The van der Waals surface area contributed by atoms with Gasteiger partial charge in [0.2, 0.25) is 0 Å². The van der Waals surface area contributed by atoms with E-state index in [9.17, 15) is 4.79 Å². The van der Waals surface area contributed by atoms with Crippen LogP contribution in [0, 0.1) is 18.3 Å². The Morgan fingerprint density at radius 2 is 2.23 bits per heavy atom. The van der Waals surface area contributed by atoms with Crippen LogP contribution in [0.1, 0.15) is 32.9 Å². The topological polar surface area (TPSA) is 74.5 Å². The molecule has 4 aromatic rings. The van der Waals surface area contributed by atoms with E-state index in [1.807, 2.05) is 41.4 Å². The molecule has 0 atom stereocenters. The second-order valence-electron chi connectivity index (χ2n) is 6.06. The molecule has 0 saturated heterocycles. The van der Waals surface area contributed by atoms with Crippen molar-refractivity contribution < 1.29 is 4.79 Å². The Hall–Kier alpha value is -2.31. The third kappa shape index (κ3) is 2.79. The fraction of sp³-hybridized carbons (Fsp3) is 0.105. The number of imidazole rings is 1. The Bertz CT molecular complexity index is 1200. The first kappa shape index (κ1) is 17.1. The van der Waals surface area contributed by atoms with Crippen molar-refractivity contribution in [3.05, 3.63) is 64.6 Å².